The van der Waals surface area contributed by atoms with Crippen LogP contribution < -0.4 is 5.73 Å². The van der Waals surface area contributed by atoms with Crippen LogP contribution in [0.4, 0.5) is 0 Å². The van der Waals surface area contributed by atoms with Crippen LogP contribution in [-0.2, 0) is 12.8 Å². The lowest BCUT2D eigenvalue weighted by Gasteiger charge is -2.20. The zero-order valence-electron chi connectivity index (χ0n) is 16.9. The maximum atomic E-state index is 5.72. The number of nitrogens with two attached hydrogens (primary N) is 1. The van der Waals surface area contributed by atoms with Gasteiger partial charge in [-0.3, -0.25) is 0 Å². The van der Waals surface area contributed by atoms with Gasteiger partial charge in [0, 0.05) is 10.4 Å². The van der Waals surface area contributed by atoms with Gasteiger partial charge in [0.2, 0.25) is 0 Å². The Morgan fingerprint density at radius 3 is 2.37 bits per heavy atom. The molecule has 1 heterocycles. The highest BCUT2D eigenvalue weighted by molar-refractivity contribution is 7.11. The fraction of sp³-hybridized carbons (Fsp3) is 0.280. The molecule has 0 aliphatic carbocycles. The third kappa shape index (κ3) is 3.78. The molecule has 1 nitrogen and oxygen atoms in total. The molecule has 0 aliphatic heterocycles. The van der Waals surface area contributed by atoms with Crippen molar-refractivity contribution < 1.29 is 0 Å². The molecule has 1 aromatic heterocycles. The Morgan fingerprint density at radius 2 is 1.78 bits per heavy atom. The summed E-state index contributed by atoms with van der Waals surface area (Å²) in [4.78, 5) is 1.28. The lowest BCUT2D eigenvalue weighted by atomic mass is 9.84. The summed E-state index contributed by atoms with van der Waals surface area (Å²) >= 11 is 1.78. The molecule has 140 valence electrons. The van der Waals surface area contributed by atoms with E-state index in [9.17, 15) is 0 Å². The molecule has 0 saturated carbocycles. The van der Waals surface area contributed by atoms with Gasteiger partial charge in [0.1, 0.15) is 0 Å². The van der Waals surface area contributed by atoms with E-state index in [1.807, 2.05) is 0 Å². The number of rotatable bonds is 6. The molecule has 0 radical (unpaired) electrons. The first-order chi connectivity index (χ1) is 13.0. The number of benzene rings is 2. The van der Waals surface area contributed by atoms with E-state index in [4.69, 9.17) is 5.73 Å². The van der Waals surface area contributed by atoms with Crippen LogP contribution in [0.1, 0.15) is 41.0 Å². The lowest BCUT2D eigenvalue weighted by molar-refractivity contribution is 0.969. The zero-order valence-corrected chi connectivity index (χ0v) is 17.7. The first-order valence-corrected chi connectivity index (χ1v) is 10.5. The normalized spacial score (nSPS) is 11.0. The van der Waals surface area contributed by atoms with Crippen molar-refractivity contribution >= 4 is 16.9 Å². The van der Waals surface area contributed by atoms with Crippen LogP contribution >= 0.6 is 11.3 Å². The molecular weight excluding hydrogens is 346 g/mol. The van der Waals surface area contributed by atoms with Crippen LogP contribution in [0.25, 0.3) is 27.8 Å². The van der Waals surface area contributed by atoms with Gasteiger partial charge in [-0.25, -0.2) is 0 Å². The van der Waals surface area contributed by atoms with E-state index in [0.717, 1.165) is 18.4 Å². The topological polar surface area (TPSA) is 26.0 Å². The second-order valence-electron chi connectivity index (χ2n) is 7.26. The van der Waals surface area contributed by atoms with Crippen molar-refractivity contribution in [3.05, 3.63) is 75.5 Å². The summed E-state index contributed by atoms with van der Waals surface area (Å²) in [6, 6.07) is 13.5. The molecule has 0 aliphatic rings. The molecule has 27 heavy (non-hydrogen) atoms. The SMILES string of the molecule is C=C(C)c1sccc1-c1c(C)c(C)cc(CC)c1-c1ccc(CCN)cc1. The molecule has 0 fully saturated rings. The van der Waals surface area contributed by atoms with Crippen LogP contribution in [0, 0.1) is 13.8 Å². The van der Waals surface area contributed by atoms with Gasteiger partial charge in [0.15, 0.2) is 0 Å². The standard InChI is InChI=1S/C25H29NS/c1-6-20-15-17(4)18(5)23(22-12-14-27-25(22)16(2)3)24(20)21-9-7-19(8-10-21)11-13-26/h7-10,12,14-15H,2,6,11,13,26H2,1,3-5H3. The van der Waals surface area contributed by atoms with Gasteiger partial charge >= 0.3 is 0 Å². The summed E-state index contributed by atoms with van der Waals surface area (Å²) in [5.74, 6) is 0. The second-order valence-corrected chi connectivity index (χ2v) is 8.18. The Balaban J connectivity index is 2.30. The van der Waals surface area contributed by atoms with Gasteiger partial charge < -0.3 is 5.73 Å². The minimum atomic E-state index is 0.686. The number of hydrogen-bond donors (Lipinski definition) is 1. The van der Waals surface area contributed by atoms with Crippen molar-refractivity contribution in [3.63, 3.8) is 0 Å². The molecule has 2 N–H and O–H groups in total. The molecule has 0 atom stereocenters. The highest BCUT2D eigenvalue weighted by Crippen LogP contribution is 2.43. The molecule has 0 unspecified atom stereocenters. The summed E-state index contributed by atoms with van der Waals surface area (Å²) in [6.45, 7) is 13.7. The molecule has 0 amide bonds. The van der Waals surface area contributed by atoms with Gasteiger partial charge in [-0.1, -0.05) is 43.8 Å². The lowest BCUT2D eigenvalue weighted by Crippen LogP contribution is -2.02. The number of hydrogen-bond acceptors (Lipinski definition) is 2. The third-order valence-corrected chi connectivity index (χ3v) is 6.38. The Bertz CT molecular complexity index is 961. The summed E-state index contributed by atoms with van der Waals surface area (Å²) in [5.41, 5.74) is 17.6. The van der Waals surface area contributed by atoms with E-state index in [2.05, 4.69) is 76.1 Å². The number of allylic oxidation sites excluding steroid dienone is 1. The second kappa shape index (κ2) is 8.24. The predicted octanol–water partition coefficient (Wildman–Crippen LogP) is 6.80. The van der Waals surface area contributed by atoms with Gasteiger partial charge in [0.25, 0.3) is 0 Å². The third-order valence-electron chi connectivity index (χ3n) is 5.31. The maximum absolute atomic E-state index is 5.72. The van der Waals surface area contributed by atoms with E-state index in [1.54, 1.807) is 11.3 Å². The van der Waals surface area contributed by atoms with E-state index in [-0.39, 0.29) is 0 Å². The van der Waals surface area contributed by atoms with Crippen LogP contribution in [0.2, 0.25) is 0 Å². The van der Waals surface area contributed by atoms with Crippen molar-refractivity contribution in [2.24, 2.45) is 5.73 Å². The fourth-order valence-corrected chi connectivity index (χ4v) is 4.61. The first-order valence-electron chi connectivity index (χ1n) is 9.64. The van der Waals surface area contributed by atoms with Crippen LogP contribution in [-0.4, -0.2) is 6.54 Å². The van der Waals surface area contributed by atoms with Crippen LogP contribution in [0.3, 0.4) is 0 Å². The number of thiophene rings is 1. The molecule has 3 aromatic rings. The van der Waals surface area contributed by atoms with Crippen LogP contribution in [0.15, 0.2) is 48.4 Å². The summed E-state index contributed by atoms with van der Waals surface area (Å²) in [7, 11) is 0. The van der Waals surface area contributed by atoms with Crippen molar-refractivity contribution in [2.45, 2.75) is 40.5 Å². The molecule has 2 heteroatoms. The highest BCUT2D eigenvalue weighted by Gasteiger charge is 2.19. The van der Waals surface area contributed by atoms with E-state index < -0.39 is 0 Å². The Kier molecular flexibility index (Phi) is 5.98. The average molecular weight is 376 g/mol. The van der Waals surface area contributed by atoms with Gasteiger partial charge in [-0.2, -0.15) is 0 Å². The summed E-state index contributed by atoms with van der Waals surface area (Å²) in [5, 5.41) is 2.18. The molecule has 2 aromatic carbocycles. The first kappa shape index (κ1) is 19.6. The van der Waals surface area contributed by atoms with Gasteiger partial charge in [-0.15, -0.1) is 11.3 Å². The maximum Gasteiger partial charge on any atom is 0.0372 e. The van der Waals surface area contributed by atoms with Crippen molar-refractivity contribution in [2.75, 3.05) is 6.54 Å². The minimum absolute atomic E-state index is 0.686. The van der Waals surface area contributed by atoms with E-state index in [0.29, 0.717) is 6.54 Å². The van der Waals surface area contributed by atoms with E-state index >= 15 is 0 Å². The predicted molar refractivity (Wildman–Crippen MR) is 122 cm³/mol. The number of aryl methyl sites for hydroxylation is 2. The molecular formula is C25H29NS. The minimum Gasteiger partial charge on any atom is -0.330 e. The largest absolute Gasteiger partial charge is 0.330 e. The van der Waals surface area contributed by atoms with Crippen molar-refractivity contribution in [1.29, 1.82) is 0 Å². The molecule has 0 spiro atoms. The monoisotopic (exact) mass is 375 g/mol. The van der Waals surface area contributed by atoms with Gasteiger partial charge in [0.05, 0.1) is 0 Å². The highest BCUT2D eigenvalue weighted by atomic mass is 32.1. The molecule has 0 bridgehead atoms. The van der Waals surface area contributed by atoms with Gasteiger partial charge in [-0.05, 0) is 96.1 Å². The van der Waals surface area contributed by atoms with Crippen molar-refractivity contribution in [1.82, 2.24) is 0 Å². The summed E-state index contributed by atoms with van der Waals surface area (Å²) < 4.78 is 0. The summed E-state index contributed by atoms with van der Waals surface area (Å²) in [6.07, 6.45) is 1.94. The Morgan fingerprint density at radius 1 is 1.07 bits per heavy atom. The zero-order chi connectivity index (χ0) is 19.6. The Labute approximate surface area is 167 Å². The molecule has 0 saturated heterocycles. The van der Waals surface area contributed by atoms with Crippen molar-refractivity contribution in [3.8, 4) is 22.3 Å². The smallest absolute Gasteiger partial charge is 0.0372 e. The van der Waals surface area contributed by atoms with E-state index in [1.165, 1.54) is 49.4 Å². The quantitative estimate of drug-likeness (QED) is 0.504. The van der Waals surface area contributed by atoms with Crippen LogP contribution in [0.5, 0.6) is 0 Å². The molecule has 3 rings (SSSR count). The average Bonchev–Trinajstić information content (AvgIpc) is 3.14. The Hall–Kier alpha value is -2.16. The fourth-order valence-electron chi connectivity index (χ4n) is 3.77.